The van der Waals surface area contributed by atoms with E-state index in [-0.39, 0.29) is 28.8 Å². The lowest BCUT2D eigenvalue weighted by Crippen LogP contribution is -2.37. The molecule has 0 spiro atoms. The van der Waals surface area contributed by atoms with Crippen LogP contribution in [0, 0.1) is 13.8 Å². The summed E-state index contributed by atoms with van der Waals surface area (Å²) < 4.78 is 41.8. The second kappa shape index (κ2) is 7.31. The van der Waals surface area contributed by atoms with Gasteiger partial charge in [-0.15, -0.1) is 0 Å². The van der Waals surface area contributed by atoms with Gasteiger partial charge in [-0.1, -0.05) is 29.3 Å². The molecule has 2 aromatic rings. The molecule has 26 heavy (non-hydrogen) atoms. The van der Waals surface area contributed by atoms with Crippen molar-refractivity contribution < 1.29 is 12.8 Å². The maximum atomic E-state index is 14.8. The third kappa shape index (κ3) is 3.53. The number of rotatable bonds is 3. The number of H-pyrrole nitrogens is 1. The van der Waals surface area contributed by atoms with E-state index in [1.807, 2.05) is 0 Å². The minimum absolute atomic E-state index is 0.204. The van der Waals surface area contributed by atoms with Crippen molar-refractivity contribution in [1.29, 1.82) is 0 Å². The van der Waals surface area contributed by atoms with Crippen molar-refractivity contribution in [2.75, 3.05) is 13.1 Å². The maximum Gasteiger partial charge on any atom is 0.246 e. The van der Waals surface area contributed by atoms with E-state index in [1.54, 1.807) is 26.0 Å². The Kier molecular flexibility index (Phi) is 5.44. The zero-order valence-electron chi connectivity index (χ0n) is 14.3. The van der Waals surface area contributed by atoms with E-state index in [0.717, 1.165) is 0 Å². The van der Waals surface area contributed by atoms with Crippen LogP contribution in [0.3, 0.4) is 0 Å². The molecule has 0 amide bonds. The first kappa shape index (κ1) is 19.4. The van der Waals surface area contributed by atoms with E-state index in [4.69, 9.17) is 23.2 Å². The molecule has 1 aromatic carbocycles. The Morgan fingerprint density at radius 1 is 1.19 bits per heavy atom. The van der Waals surface area contributed by atoms with E-state index in [2.05, 4.69) is 10.2 Å². The van der Waals surface area contributed by atoms with Crippen molar-refractivity contribution in [3.05, 3.63) is 50.8 Å². The highest BCUT2D eigenvalue weighted by Gasteiger charge is 2.32. The fourth-order valence-electron chi connectivity index (χ4n) is 3.10. The highest BCUT2D eigenvalue weighted by Crippen LogP contribution is 2.33. The van der Waals surface area contributed by atoms with E-state index in [9.17, 15) is 12.8 Å². The highest BCUT2D eigenvalue weighted by molar-refractivity contribution is 7.89. The number of hydrogen-bond acceptors (Lipinski definition) is 3. The Morgan fingerprint density at radius 3 is 2.38 bits per heavy atom. The number of piperidine rings is 1. The van der Waals surface area contributed by atoms with Gasteiger partial charge < -0.3 is 0 Å². The first-order chi connectivity index (χ1) is 12.2. The van der Waals surface area contributed by atoms with E-state index >= 15 is 0 Å². The number of benzene rings is 1. The summed E-state index contributed by atoms with van der Waals surface area (Å²) >= 11 is 11.8. The summed E-state index contributed by atoms with van der Waals surface area (Å²) in [5, 5.41) is 7.29. The predicted molar refractivity (Wildman–Crippen MR) is 101 cm³/mol. The summed E-state index contributed by atoms with van der Waals surface area (Å²) in [6.45, 7) is 3.76. The Bertz CT molecular complexity index is 956. The minimum Gasteiger partial charge on any atom is -0.281 e. The molecular formula is C17H18Cl2FN3O2S. The standard InChI is InChI=1S/C17H18Cl2FN3O2S/c1-10-17(11(2)22-21-10)26(24,25)23-7-5-12(6-8-23)16(20)13-3-4-14(18)15(19)9-13/h3-4,9H,5-8H2,1-2H3,(H,21,22). The van der Waals surface area contributed by atoms with Gasteiger partial charge in [0.15, 0.2) is 0 Å². The Morgan fingerprint density at radius 2 is 1.85 bits per heavy atom. The number of nitrogens with zero attached hydrogens (tertiary/aromatic N) is 2. The van der Waals surface area contributed by atoms with Crippen molar-refractivity contribution in [3.63, 3.8) is 0 Å². The topological polar surface area (TPSA) is 66.1 Å². The van der Waals surface area contributed by atoms with Crippen LogP contribution in [-0.4, -0.2) is 36.0 Å². The number of nitrogens with one attached hydrogen (secondary N) is 1. The third-order valence-electron chi connectivity index (χ3n) is 4.47. The average Bonchev–Trinajstić information content (AvgIpc) is 2.96. The van der Waals surface area contributed by atoms with Gasteiger partial charge in [0.05, 0.1) is 21.4 Å². The third-order valence-corrected chi connectivity index (χ3v) is 7.37. The zero-order valence-corrected chi connectivity index (χ0v) is 16.6. The molecule has 0 unspecified atom stereocenters. The van der Waals surface area contributed by atoms with Gasteiger partial charge in [0.1, 0.15) is 10.7 Å². The van der Waals surface area contributed by atoms with Crippen LogP contribution in [-0.2, 0) is 10.0 Å². The van der Waals surface area contributed by atoms with Crippen molar-refractivity contribution in [3.8, 4) is 0 Å². The summed E-state index contributed by atoms with van der Waals surface area (Å²) in [5.74, 6) is -0.365. The van der Waals surface area contributed by atoms with Gasteiger partial charge in [-0.2, -0.15) is 9.40 Å². The molecule has 1 aliphatic heterocycles. The van der Waals surface area contributed by atoms with Crippen LogP contribution in [0.1, 0.15) is 29.8 Å². The molecule has 0 bridgehead atoms. The van der Waals surface area contributed by atoms with Crippen LogP contribution in [0.25, 0.3) is 5.83 Å². The second-order valence-corrected chi connectivity index (χ2v) is 8.90. The molecule has 1 N–H and O–H groups in total. The van der Waals surface area contributed by atoms with Crippen LogP contribution >= 0.6 is 23.2 Å². The molecule has 0 saturated carbocycles. The zero-order chi connectivity index (χ0) is 19.1. The smallest absolute Gasteiger partial charge is 0.246 e. The van der Waals surface area contributed by atoms with Gasteiger partial charge in [0, 0.05) is 18.7 Å². The number of hydrogen-bond donors (Lipinski definition) is 1. The molecule has 2 heterocycles. The molecule has 1 saturated heterocycles. The number of aryl methyl sites for hydroxylation is 2. The first-order valence-corrected chi connectivity index (χ1v) is 10.3. The van der Waals surface area contributed by atoms with Crippen molar-refractivity contribution in [2.24, 2.45) is 0 Å². The predicted octanol–water partition coefficient (Wildman–Crippen LogP) is 4.50. The van der Waals surface area contributed by atoms with Crippen LogP contribution in [0.2, 0.25) is 10.0 Å². The van der Waals surface area contributed by atoms with Crippen LogP contribution in [0.5, 0.6) is 0 Å². The molecule has 0 atom stereocenters. The highest BCUT2D eigenvalue weighted by atomic mass is 35.5. The monoisotopic (exact) mass is 417 g/mol. The lowest BCUT2D eigenvalue weighted by molar-refractivity contribution is 0.384. The summed E-state index contributed by atoms with van der Waals surface area (Å²) in [4.78, 5) is 0.204. The van der Waals surface area contributed by atoms with Gasteiger partial charge in [0.2, 0.25) is 10.0 Å². The lowest BCUT2D eigenvalue weighted by atomic mass is 10.0. The summed E-state index contributed by atoms with van der Waals surface area (Å²) in [6, 6.07) is 4.59. The molecule has 140 valence electrons. The Balaban J connectivity index is 1.81. The second-order valence-electron chi connectivity index (χ2n) is 6.21. The maximum absolute atomic E-state index is 14.8. The fourth-order valence-corrected chi connectivity index (χ4v) is 5.17. The van der Waals surface area contributed by atoms with Gasteiger partial charge in [-0.25, -0.2) is 12.8 Å². The largest absolute Gasteiger partial charge is 0.281 e. The first-order valence-electron chi connectivity index (χ1n) is 8.06. The van der Waals surface area contributed by atoms with E-state index in [0.29, 0.717) is 40.4 Å². The lowest BCUT2D eigenvalue weighted by Gasteiger charge is -2.28. The van der Waals surface area contributed by atoms with E-state index in [1.165, 1.54) is 10.4 Å². The van der Waals surface area contributed by atoms with Crippen molar-refractivity contribution in [1.82, 2.24) is 14.5 Å². The summed E-state index contributed by atoms with van der Waals surface area (Å²) in [7, 11) is -3.65. The molecule has 1 aliphatic rings. The van der Waals surface area contributed by atoms with Gasteiger partial charge >= 0.3 is 0 Å². The minimum atomic E-state index is -3.65. The van der Waals surface area contributed by atoms with Gasteiger partial charge in [-0.3, -0.25) is 5.10 Å². The molecule has 0 radical (unpaired) electrons. The van der Waals surface area contributed by atoms with Gasteiger partial charge in [0.25, 0.3) is 0 Å². The van der Waals surface area contributed by atoms with Gasteiger partial charge in [-0.05, 0) is 44.4 Å². The normalized spacial score (nSPS) is 16.1. The fraction of sp³-hybridized carbons (Fsp3) is 0.353. The molecule has 1 aromatic heterocycles. The molecule has 9 heteroatoms. The number of aromatic amines is 1. The number of sulfonamides is 1. The van der Waals surface area contributed by atoms with Crippen molar-refractivity contribution in [2.45, 2.75) is 31.6 Å². The molecular weight excluding hydrogens is 400 g/mol. The molecule has 3 rings (SSSR count). The number of halogens is 3. The summed E-state index contributed by atoms with van der Waals surface area (Å²) in [6.07, 6.45) is 0.641. The van der Waals surface area contributed by atoms with E-state index < -0.39 is 10.0 Å². The SMILES string of the molecule is Cc1n[nH]c(C)c1S(=O)(=O)N1CCC(=C(F)c2ccc(Cl)c(Cl)c2)CC1. The molecule has 0 aliphatic carbocycles. The molecule has 1 fully saturated rings. The Labute approximate surface area is 161 Å². The number of aromatic nitrogens is 2. The Hall–Kier alpha value is -1.41. The average molecular weight is 418 g/mol. The molecule has 5 nitrogen and oxygen atoms in total. The van der Waals surface area contributed by atoms with Crippen LogP contribution < -0.4 is 0 Å². The van der Waals surface area contributed by atoms with Crippen LogP contribution in [0.4, 0.5) is 4.39 Å². The quantitative estimate of drug-likeness (QED) is 0.799. The summed E-state index contributed by atoms with van der Waals surface area (Å²) in [5.41, 5.74) is 1.87. The van der Waals surface area contributed by atoms with Crippen molar-refractivity contribution >= 4 is 39.1 Å². The van der Waals surface area contributed by atoms with Crippen LogP contribution in [0.15, 0.2) is 28.7 Å².